The largest absolute Gasteiger partial charge is 0.490 e. The lowest BCUT2D eigenvalue weighted by atomic mass is 10.0. The summed E-state index contributed by atoms with van der Waals surface area (Å²) in [4.78, 5) is 16.8. The number of nitrogens with zero attached hydrogens (tertiary/aromatic N) is 2. The second-order valence-corrected chi connectivity index (χ2v) is 7.63. The minimum atomic E-state index is 0.0914. The highest BCUT2D eigenvalue weighted by Crippen LogP contribution is 2.30. The van der Waals surface area contributed by atoms with E-state index in [1.54, 1.807) is 0 Å². The van der Waals surface area contributed by atoms with Crippen LogP contribution in [0, 0.1) is 11.8 Å². The van der Waals surface area contributed by atoms with Crippen LogP contribution in [0.15, 0.2) is 18.2 Å². The average Bonchev–Trinajstić information content (AvgIpc) is 3.18. The van der Waals surface area contributed by atoms with Gasteiger partial charge in [-0.3, -0.25) is 0 Å². The van der Waals surface area contributed by atoms with Crippen LogP contribution in [0.1, 0.15) is 25.8 Å². The minimum Gasteiger partial charge on any atom is -0.490 e. The molecule has 1 N–H and O–H groups in total. The highest BCUT2D eigenvalue weighted by molar-refractivity contribution is 5.74. The molecule has 3 rings (SSSR count). The van der Waals surface area contributed by atoms with Gasteiger partial charge in [0.15, 0.2) is 11.5 Å². The van der Waals surface area contributed by atoms with Crippen LogP contribution in [0.25, 0.3) is 0 Å². The van der Waals surface area contributed by atoms with E-state index in [0.29, 0.717) is 31.6 Å². The Morgan fingerprint density at radius 2 is 1.74 bits per heavy atom. The van der Waals surface area contributed by atoms with E-state index in [4.69, 9.17) is 9.47 Å². The van der Waals surface area contributed by atoms with Crippen molar-refractivity contribution in [2.24, 2.45) is 11.8 Å². The minimum absolute atomic E-state index is 0.0914. The molecule has 2 saturated heterocycles. The molecule has 0 spiro atoms. The van der Waals surface area contributed by atoms with E-state index in [1.165, 1.54) is 5.56 Å². The topological polar surface area (TPSA) is 54.0 Å². The first-order valence-corrected chi connectivity index (χ1v) is 10.2. The monoisotopic (exact) mass is 375 g/mol. The van der Waals surface area contributed by atoms with Gasteiger partial charge in [-0.25, -0.2) is 4.79 Å². The number of carbonyl (C=O) groups is 1. The van der Waals surface area contributed by atoms with E-state index in [2.05, 4.69) is 29.4 Å². The molecule has 1 aromatic rings. The fraction of sp³-hybridized carbons (Fsp3) is 0.667. The van der Waals surface area contributed by atoms with Gasteiger partial charge in [0, 0.05) is 32.7 Å². The second-order valence-electron chi connectivity index (χ2n) is 7.63. The summed E-state index contributed by atoms with van der Waals surface area (Å²) in [6, 6.07) is 6.19. The number of urea groups is 1. The third-order valence-electron chi connectivity index (χ3n) is 5.48. The molecule has 2 fully saturated rings. The number of amides is 2. The first-order chi connectivity index (χ1) is 13.1. The lowest BCUT2D eigenvalue weighted by Crippen LogP contribution is -2.40. The first-order valence-electron chi connectivity index (χ1n) is 10.2. The van der Waals surface area contributed by atoms with Crippen LogP contribution in [0.3, 0.4) is 0 Å². The van der Waals surface area contributed by atoms with Crippen molar-refractivity contribution in [1.82, 2.24) is 15.1 Å². The van der Waals surface area contributed by atoms with E-state index >= 15 is 0 Å². The van der Waals surface area contributed by atoms with Gasteiger partial charge < -0.3 is 24.6 Å². The molecule has 6 nitrogen and oxygen atoms in total. The highest BCUT2D eigenvalue weighted by atomic mass is 16.5. The molecule has 0 radical (unpaired) electrons. The number of ether oxygens (including phenoxy) is 2. The summed E-state index contributed by atoms with van der Waals surface area (Å²) < 4.78 is 11.3. The lowest BCUT2D eigenvalue weighted by Gasteiger charge is -2.20. The SMILES string of the molecule is CCOc1ccc(CCCNC(=O)N2C[C@H]3CN(C)C[C@H]3C2)cc1OCC. The van der Waals surface area contributed by atoms with Crippen LogP contribution in [-0.2, 0) is 6.42 Å². The Morgan fingerprint density at radius 1 is 1.07 bits per heavy atom. The molecule has 6 heteroatoms. The van der Waals surface area contributed by atoms with Crippen molar-refractivity contribution in [1.29, 1.82) is 0 Å². The fourth-order valence-electron chi connectivity index (χ4n) is 4.24. The number of aryl methyl sites for hydroxylation is 1. The summed E-state index contributed by atoms with van der Waals surface area (Å²) >= 11 is 0. The van der Waals surface area contributed by atoms with Crippen LogP contribution in [0.5, 0.6) is 11.5 Å². The van der Waals surface area contributed by atoms with Crippen LogP contribution in [-0.4, -0.2) is 68.8 Å². The van der Waals surface area contributed by atoms with E-state index < -0.39 is 0 Å². The number of likely N-dealkylation sites (tertiary alicyclic amines) is 2. The molecule has 27 heavy (non-hydrogen) atoms. The predicted molar refractivity (Wildman–Crippen MR) is 107 cm³/mol. The van der Waals surface area contributed by atoms with E-state index in [-0.39, 0.29) is 6.03 Å². The zero-order valence-electron chi connectivity index (χ0n) is 16.9. The molecule has 0 saturated carbocycles. The normalized spacial score (nSPS) is 22.0. The summed E-state index contributed by atoms with van der Waals surface area (Å²) in [5, 5.41) is 3.08. The number of rotatable bonds is 8. The molecular weight excluding hydrogens is 342 g/mol. The van der Waals surface area contributed by atoms with E-state index in [0.717, 1.165) is 50.5 Å². The fourth-order valence-corrected chi connectivity index (χ4v) is 4.24. The Morgan fingerprint density at radius 3 is 2.41 bits per heavy atom. The van der Waals surface area contributed by atoms with Gasteiger partial charge in [-0.15, -0.1) is 0 Å². The summed E-state index contributed by atoms with van der Waals surface area (Å²) in [6.45, 7) is 9.92. The van der Waals surface area contributed by atoms with Gasteiger partial charge in [-0.1, -0.05) is 6.07 Å². The number of fused-ring (bicyclic) bond motifs is 1. The van der Waals surface area contributed by atoms with Gasteiger partial charge in [0.2, 0.25) is 0 Å². The molecule has 150 valence electrons. The van der Waals surface area contributed by atoms with Gasteiger partial charge in [0.1, 0.15) is 0 Å². The molecule has 0 aromatic heterocycles. The smallest absolute Gasteiger partial charge is 0.317 e. The third-order valence-corrected chi connectivity index (χ3v) is 5.48. The molecule has 2 aliphatic heterocycles. The van der Waals surface area contributed by atoms with Gasteiger partial charge in [0.25, 0.3) is 0 Å². The summed E-state index contributed by atoms with van der Waals surface area (Å²) in [5.74, 6) is 2.90. The Bertz CT molecular complexity index is 623. The number of nitrogens with one attached hydrogen (secondary N) is 1. The lowest BCUT2D eigenvalue weighted by molar-refractivity contribution is 0.202. The van der Waals surface area contributed by atoms with Gasteiger partial charge >= 0.3 is 6.03 Å². The maximum Gasteiger partial charge on any atom is 0.317 e. The highest BCUT2D eigenvalue weighted by Gasteiger charge is 2.40. The Labute approximate surface area is 162 Å². The molecule has 2 atom stereocenters. The van der Waals surface area contributed by atoms with Crippen LogP contribution in [0.4, 0.5) is 4.79 Å². The molecule has 2 amide bonds. The Kier molecular flexibility index (Phi) is 6.83. The van der Waals surface area contributed by atoms with Crippen molar-refractivity contribution < 1.29 is 14.3 Å². The van der Waals surface area contributed by atoms with Crippen molar-refractivity contribution in [2.45, 2.75) is 26.7 Å². The quantitative estimate of drug-likeness (QED) is 0.710. The van der Waals surface area contributed by atoms with Crippen LogP contribution >= 0.6 is 0 Å². The average molecular weight is 376 g/mol. The molecule has 2 aliphatic rings. The van der Waals surface area contributed by atoms with Crippen molar-refractivity contribution in [3.8, 4) is 11.5 Å². The van der Waals surface area contributed by atoms with Crippen molar-refractivity contribution in [2.75, 3.05) is 53.0 Å². The number of benzene rings is 1. The van der Waals surface area contributed by atoms with Gasteiger partial charge in [0.05, 0.1) is 13.2 Å². The molecular formula is C21H33N3O3. The molecule has 2 heterocycles. The number of hydrogen-bond acceptors (Lipinski definition) is 4. The second kappa shape index (κ2) is 9.31. The van der Waals surface area contributed by atoms with Gasteiger partial charge in [-0.05, 0) is 63.3 Å². The van der Waals surface area contributed by atoms with Crippen molar-refractivity contribution >= 4 is 6.03 Å². The Hall–Kier alpha value is -1.95. The zero-order valence-corrected chi connectivity index (χ0v) is 16.9. The van der Waals surface area contributed by atoms with Gasteiger partial charge in [-0.2, -0.15) is 0 Å². The zero-order chi connectivity index (χ0) is 19.2. The first kappa shape index (κ1) is 19.8. The standard InChI is InChI=1S/C21H33N3O3/c1-4-26-19-9-8-16(11-20(19)27-5-2)7-6-10-22-21(25)24-14-17-12-23(3)13-18(17)15-24/h8-9,11,17-18H,4-7,10,12-15H2,1-3H3,(H,22,25)/t17-,18+. The van der Waals surface area contributed by atoms with Crippen molar-refractivity contribution in [3.05, 3.63) is 23.8 Å². The maximum atomic E-state index is 12.4. The molecule has 1 aromatic carbocycles. The summed E-state index contributed by atoms with van der Waals surface area (Å²) in [5.41, 5.74) is 1.20. The summed E-state index contributed by atoms with van der Waals surface area (Å²) in [7, 11) is 2.17. The van der Waals surface area contributed by atoms with Crippen LogP contribution in [0.2, 0.25) is 0 Å². The Balaban J connectivity index is 1.41. The van der Waals surface area contributed by atoms with Crippen molar-refractivity contribution in [3.63, 3.8) is 0 Å². The predicted octanol–water partition coefficient (Wildman–Crippen LogP) is 2.62. The summed E-state index contributed by atoms with van der Waals surface area (Å²) in [6.07, 6.45) is 1.82. The number of hydrogen-bond donors (Lipinski definition) is 1. The maximum absolute atomic E-state index is 12.4. The third kappa shape index (κ3) is 5.06. The molecule has 0 unspecified atom stereocenters. The number of carbonyl (C=O) groups excluding carboxylic acids is 1. The molecule has 0 aliphatic carbocycles. The van der Waals surface area contributed by atoms with E-state index in [9.17, 15) is 4.79 Å². The van der Waals surface area contributed by atoms with Crippen LogP contribution < -0.4 is 14.8 Å². The molecule has 0 bridgehead atoms. The van der Waals surface area contributed by atoms with E-state index in [1.807, 2.05) is 24.8 Å².